The normalized spacial score (nSPS) is 15.7. The van der Waals surface area contributed by atoms with E-state index in [2.05, 4.69) is 25.8 Å². The lowest BCUT2D eigenvalue weighted by molar-refractivity contribution is -0.156. The Morgan fingerprint density at radius 1 is 0.803 bits per heavy atom. The Morgan fingerprint density at radius 2 is 1.45 bits per heavy atom. The fourth-order valence-corrected chi connectivity index (χ4v) is 8.98. The van der Waals surface area contributed by atoms with E-state index in [-0.39, 0.29) is 44.7 Å². The second-order valence-electron chi connectivity index (χ2n) is 19.8. The van der Waals surface area contributed by atoms with Gasteiger partial charge in [-0.05, 0) is 76.5 Å². The monoisotopic (exact) mass is 1070 g/mol. The third kappa shape index (κ3) is 15.4. The van der Waals surface area contributed by atoms with Crippen LogP contribution in [0.4, 0.5) is 0 Å². The van der Waals surface area contributed by atoms with E-state index < -0.39 is 35.4 Å². The first kappa shape index (κ1) is 57.4. The van der Waals surface area contributed by atoms with Gasteiger partial charge in [0.25, 0.3) is 0 Å². The summed E-state index contributed by atoms with van der Waals surface area (Å²) in [6.07, 6.45) is 4.21. The first-order valence-corrected chi connectivity index (χ1v) is 26.3. The van der Waals surface area contributed by atoms with Crippen LogP contribution in [0.25, 0.3) is 17.2 Å². The van der Waals surface area contributed by atoms with Crippen LogP contribution >= 0.6 is 11.6 Å². The minimum atomic E-state index is -0.882. The van der Waals surface area contributed by atoms with E-state index in [4.69, 9.17) is 53.8 Å². The minimum Gasteiger partial charge on any atom is -0.459 e. The number of hydrogen-bond donors (Lipinski definition) is 2. The van der Waals surface area contributed by atoms with Crippen molar-refractivity contribution < 1.29 is 56.4 Å². The number of halogens is 1. The molecule has 76 heavy (non-hydrogen) atoms. The van der Waals surface area contributed by atoms with Gasteiger partial charge in [-0.1, -0.05) is 68.8 Å². The number of esters is 1. The van der Waals surface area contributed by atoms with Gasteiger partial charge in [0.1, 0.15) is 42.9 Å². The number of furan rings is 1. The van der Waals surface area contributed by atoms with Crippen molar-refractivity contribution in [3.63, 3.8) is 0 Å². The molecule has 2 N–H and O–H groups in total. The van der Waals surface area contributed by atoms with Crippen LogP contribution in [-0.4, -0.2) is 145 Å². The molecule has 410 valence electrons. The molecule has 5 heterocycles. The zero-order valence-corrected chi connectivity index (χ0v) is 45.4. The van der Waals surface area contributed by atoms with Gasteiger partial charge >= 0.3 is 5.97 Å². The number of aryl methyl sites for hydroxylation is 3. The lowest BCUT2D eigenvalue weighted by atomic mass is 9.85. The highest BCUT2D eigenvalue weighted by Gasteiger charge is 2.42. The molecule has 3 atom stereocenters. The van der Waals surface area contributed by atoms with Gasteiger partial charge in [0.15, 0.2) is 18.0 Å². The Hall–Kier alpha value is -6.29. The quantitative estimate of drug-likeness (QED) is 0.0382. The number of aliphatic imine (C=N–C) groups is 1. The highest BCUT2D eigenvalue weighted by Crippen LogP contribution is 2.37. The van der Waals surface area contributed by atoms with Gasteiger partial charge < -0.3 is 52.8 Å². The number of unbranched alkanes of at least 4 members (excludes halogenated alkanes) is 1. The van der Waals surface area contributed by atoms with Crippen molar-refractivity contribution in [2.75, 3.05) is 79.2 Å². The van der Waals surface area contributed by atoms with Gasteiger partial charge in [-0.25, -0.2) is 14.3 Å². The van der Waals surface area contributed by atoms with E-state index >= 15 is 0 Å². The molecular formula is C55H71ClN8O12. The average Bonchev–Trinajstić information content (AvgIpc) is 4.20. The molecule has 20 nitrogen and oxygen atoms in total. The standard InChI is InChI=1S/C55H71ClN8O12/c1-35-37(3)76-53-47(35)48(40-16-18-42(56)19-17-40)59-43(51-62-61-38(4)64(51)53)31-45(65)57-20-24-71-27-25-69-22-8-9-23-70-26-28-72-29-30-73-33-46(66)60-50(55(5,6)7)52(67)63-21-10-11-44(63)54(68)74-32-39-12-14-41(15-13-39)49-36(2)58-34-75-49/h12-19,34,43-44,50H,8-11,20-33H2,1-7H3,(H,57,65)(H,60,66)/t43?,44-,50?/m0/s1. The maximum atomic E-state index is 13.9. The molecule has 0 radical (unpaired) electrons. The van der Waals surface area contributed by atoms with Crippen LogP contribution in [0, 0.1) is 33.1 Å². The van der Waals surface area contributed by atoms with Crippen LogP contribution in [-0.2, 0) is 54.2 Å². The van der Waals surface area contributed by atoms with Gasteiger partial charge in [-0.3, -0.25) is 19.4 Å². The summed E-state index contributed by atoms with van der Waals surface area (Å²) in [5, 5.41) is 15.1. The lowest BCUT2D eigenvalue weighted by Crippen LogP contribution is -2.57. The number of oxazole rings is 1. The smallest absolute Gasteiger partial charge is 0.329 e. The number of nitrogens with zero attached hydrogens (tertiary/aromatic N) is 6. The van der Waals surface area contributed by atoms with Gasteiger partial charge in [0.2, 0.25) is 23.6 Å². The molecule has 2 aliphatic rings. The van der Waals surface area contributed by atoms with Crippen molar-refractivity contribution in [1.29, 1.82) is 0 Å². The molecule has 0 saturated carbocycles. The summed E-state index contributed by atoms with van der Waals surface area (Å²) in [4.78, 5) is 64.0. The Labute approximate surface area is 448 Å². The number of amides is 3. The number of fused-ring (bicyclic) bond motifs is 3. The molecule has 2 unspecified atom stereocenters. The number of carbonyl (C=O) groups is 4. The summed E-state index contributed by atoms with van der Waals surface area (Å²) in [5.74, 6) is 1.72. The number of aromatic nitrogens is 4. The largest absolute Gasteiger partial charge is 0.459 e. The molecule has 5 aromatic rings. The zero-order valence-electron chi connectivity index (χ0n) is 44.6. The minimum absolute atomic E-state index is 0.0516. The average molecular weight is 1070 g/mol. The Kier molecular flexibility index (Phi) is 20.9. The molecule has 1 fully saturated rings. The van der Waals surface area contributed by atoms with Crippen molar-refractivity contribution in [2.45, 2.75) is 105 Å². The summed E-state index contributed by atoms with van der Waals surface area (Å²) in [5.41, 5.74) is 5.13. The number of benzene rings is 2. The second kappa shape index (κ2) is 27.7. The predicted octanol–water partition coefficient (Wildman–Crippen LogP) is 6.93. The van der Waals surface area contributed by atoms with E-state index in [0.717, 1.165) is 52.1 Å². The van der Waals surface area contributed by atoms with Crippen LogP contribution in [0.5, 0.6) is 0 Å². The molecule has 3 amide bonds. The topological polar surface area (TPSA) is 233 Å². The third-order valence-corrected chi connectivity index (χ3v) is 13.3. The Balaban J connectivity index is 0.689. The molecule has 0 aliphatic carbocycles. The van der Waals surface area contributed by atoms with Crippen molar-refractivity contribution in [1.82, 2.24) is 35.3 Å². The number of rotatable bonds is 28. The zero-order chi connectivity index (χ0) is 54.2. The summed E-state index contributed by atoms with van der Waals surface area (Å²) in [6.45, 7) is 17.2. The maximum Gasteiger partial charge on any atom is 0.329 e. The van der Waals surface area contributed by atoms with Crippen LogP contribution in [0.3, 0.4) is 0 Å². The van der Waals surface area contributed by atoms with E-state index in [1.165, 1.54) is 11.3 Å². The van der Waals surface area contributed by atoms with Gasteiger partial charge in [-0.15, -0.1) is 10.2 Å². The van der Waals surface area contributed by atoms with Crippen LogP contribution in [0.15, 0.2) is 68.8 Å². The molecule has 3 aromatic heterocycles. The molecule has 0 bridgehead atoms. The number of hydrogen-bond acceptors (Lipinski definition) is 16. The maximum absolute atomic E-state index is 13.9. The third-order valence-electron chi connectivity index (χ3n) is 13.0. The lowest BCUT2D eigenvalue weighted by Gasteiger charge is -2.35. The van der Waals surface area contributed by atoms with Gasteiger partial charge in [0, 0.05) is 48.0 Å². The second-order valence-corrected chi connectivity index (χ2v) is 20.2. The SMILES string of the molecule is Cc1ncoc1-c1ccc(COC(=O)[C@@H]2CCCN2C(=O)C(NC(=O)COCCOCCOCCCCOCCOCCNC(=O)CC2N=C(c3ccc(Cl)cc3)c3c(oc(C)c3C)-n3c(C)nnc32)C(C)(C)C)cc1. The van der Waals surface area contributed by atoms with Crippen molar-refractivity contribution in [3.8, 4) is 17.2 Å². The number of likely N-dealkylation sites (tertiary alicyclic amines) is 1. The summed E-state index contributed by atoms with van der Waals surface area (Å²) >= 11 is 6.21. The van der Waals surface area contributed by atoms with E-state index in [1.807, 2.05) is 102 Å². The molecular weight excluding hydrogens is 1000 g/mol. The highest BCUT2D eigenvalue weighted by molar-refractivity contribution is 6.30. The first-order valence-electron chi connectivity index (χ1n) is 25.9. The summed E-state index contributed by atoms with van der Waals surface area (Å²) in [7, 11) is 0. The summed E-state index contributed by atoms with van der Waals surface area (Å²) < 4.78 is 47.4. The molecule has 21 heteroatoms. The van der Waals surface area contributed by atoms with E-state index in [0.29, 0.717) is 106 Å². The van der Waals surface area contributed by atoms with Crippen LogP contribution < -0.4 is 10.6 Å². The molecule has 0 spiro atoms. The molecule has 2 aromatic carbocycles. The summed E-state index contributed by atoms with van der Waals surface area (Å²) in [6, 6.07) is 12.7. The highest BCUT2D eigenvalue weighted by atomic mass is 35.5. The first-order chi connectivity index (χ1) is 36.6. The van der Waals surface area contributed by atoms with Crippen molar-refractivity contribution in [2.24, 2.45) is 10.4 Å². The van der Waals surface area contributed by atoms with E-state index in [1.54, 1.807) is 0 Å². The Morgan fingerprint density at radius 3 is 2.11 bits per heavy atom. The molecule has 7 rings (SSSR count). The van der Waals surface area contributed by atoms with Crippen LogP contribution in [0.1, 0.15) is 104 Å². The van der Waals surface area contributed by atoms with Crippen molar-refractivity contribution >= 4 is 41.0 Å². The van der Waals surface area contributed by atoms with Gasteiger partial charge in [-0.2, -0.15) is 0 Å². The molecule has 2 aliphatic heterocycles. The predicted molar refractivity (Wildman–Crippen MR) is 281 cm³/mol. The van der Waals surface area contributed by atoms with Crippen molar-refractivity contribution in [3.05, 3.63) is 105 Å². The molecule has 1 saturated heterocycles. The fourth-order valence-electron chi connectivity index (χ4n) is 8.85. The van der Waals surface area contributed by atoms with Crippen LogP contribution in [0.2, 0.25) is 5.02 Å². The number of carbonyl (C=O) groups excluding carboxylic acids is 4. The number of nitrogens with one attached hydrogen (secondary N) is 2. The van der Waals surface area contributed by atoms with Gasteiger partial charge in [0.05, 0.1) is 69.6 Å². The Bertz CT molecular complexity index is 2750. The van der Waals surface area contributed by atoms with E-state index in [9.17, 15) is 19.2 Å². The fraction of sp³-hybridized carbons (Fsp3) is 0.527. The number of ether oxygens (including phenoxy) is 6.